The number of hydrogen-bond acceptors (Lipinski definition) is 1. The molecule has 1 aliphatic rings. The van der Waals surface area contributed by atoms with Crippen LogP contribution in [0.1, 0.15) is 12.8 Å². The highest BCUT2D eigenvalue weighted by atomic mass is 32.1. The molecule has 2 N–H and O–H groups in total. The maximum absolute atomic E-state index is 12.0. The van der Waals surface area contributed by atoms with Crippen molar-refractivity contribution in [1.82, 2.24) is 0 Å². The summed E-state index contributed by atoms with van der Waals surface area (Å²) >= 11 is 4.47. The average molecular weight is 151 g/mol. The van der Waals surface area contributed by atoms with Gasteiger partial charge < -0.3 is 5.73 Å². The lowest BCUT2D eigenvalue weighted by Gasteiger charge is -2.09. The Morgan fingerprint density at radius 1 is 1.56 bits per heavy atom. The number of alkyl halides is 2. The molecular weight excluding hydrogens is 144 g/mol. The van der Waals surface area contributed by atoms with Crippen LogP contribution in [0.4, 0.5) is 8.78 Å². The first kappa shape index (κ1) is 6.86. The third-order valence-corrected chi connectivity index (χ3v) is 2.10. The summed E-state index contributed by atoms with van der Waals surface area (Å²) in [6.07, 6.45) is -1.45. The number of halogens is 2. The van der Waals surface area contributed by atoms with Crippen LogP contribution in [0.2, 0.25) is 0 Å². The van der Waals surface area contributed by atoms with E-state index in [1.807, 2.05) is 0 Å². The zero-order valence-corrected chi connectivity index (χ0v) is 5.55. The van der Waals surface area contributed by atoms with Crippen LogP contribution in [0.3, 0.4) is 0 Å². The second-order valence-electron chi connectivity index (χ2n) is 2.32. The largest absolute Gasteiger partial charge is 0.393 e. The SMILES string of the molecule is NC(=S)C1(C(F)F)CC1. The van der Waals surface area contributed by atoms with Crippen LogP contribution in [0.5, 0.6) is 0 Å². The normalized spacial score (nSPS) is 22.1. The first-order chi connectivity index (χ1) is 4.09. The molecular formula is C5H7F2NS. The first-order valence-electron chi connectivity index (χ1n) is 2.68. The molecule has 0 aliphatic heterocycles. The minimum atomic E-state index is -2.37. The van der Waals surface area contributed by atoms with Crippen LogP contribution in [0.15, 0.2) is 0 Å². The minimum absolute atomic E-state index is 0.0301. The van der Waals surface area contributed by atoms with Crippen molar-refractivity contribution in [2.24, 2.45) is 11.1 Å². The summed E-state index contributed by atoms with van der Waals surface area (Å²) in [6, 6.07) is 0. The highest BCUT2D eigenvalue weighted by Gasteiger charge is 2.53. The summed E-state index contributed by atoms with van der Waals surface area (Å²) in [6.45, 7) is 0. The van der Waals surface area contributed by atoms with Gasteiger partial charge in [-0.1, -0.05) is 12.2 Å². The molecule has 9 heavy (non-hydrogen) atoms. The Balaban J connectivity index is 2.63. The summed E-state index contributed by atoms with van der Waals surface area (Å²) in [4.78, 5) is -0.0301. The van der Waals surface area contributed by atoms with E-state index in [2.05, 4.69) is 12.2 Å². The van der Waals surface area contributed by atoms with E-state index in [9.17, 15) is 8.78 Å². The molecule has 0 spiro atoms. The maximum Gasteiger partial charge on any atom is 0.250 e. The third kappa shape index (κ3) is 0.913. The lowest BCUT2D eigenvalue weighted by Crippen LogP contribution is -2.28. The van der Waals surface area contributed by atoms with E-state index < -0.39 is 11.8 Å². The van der Waals surface area contributed by atoms with E-state index >= 15 is 0 Å². The number of nitrogens with two attached hydrogens (primary N) is 1. The van der Waals surface area contributed by atoms with Crippen LogP contribution < -0.4 is 5.73 Å². The van der Waals surface area contributed by atoms with Crippen LogP contribution >= 0.6 is 12.2 Å². The molecule has 0 aromatic carbocycles. The van der Waals surface area contributed by atoms with Gasteiger partial charge in [0, 0.05) is 0 Å². The van der Waals surface area contributed by atoms with Gasteiger partial charge in [0.1, 0.15) is 0 Å². The van der Waals surface area contributed by atoms with Crippen molar-refractivity contribution >= 4 is 17.2 Å². The Kier molecular flexibility index (Phi) is 1.42. The van der Waals surface area contributed by atoms with Crippen molar-refractivity contribution in [3.63, 3.8) is 0 Å². The van der Waals surface area contributed by atoms with Gasteiger partial charge in [0.25, 0.3) is 0 Å². The molecule has 0 saturated heterocycles. The van der Waals surface area contributed by atoms with Crippen molar-refractivity contribution < 1.29 is 8.78 Å². The van der Waals surface area contributed by atoms with Crippen LogP contribution in [-0.4, -0.2) is 11.4 Å². The van der Waals surface area contributed by atoms with E-state index in [0.29, 0.717) is 12.8 Å². The number of hydrogen-bond donors (Lipinski definition) is 1. The molecule has 1 rings (SSSR count). The predicted octanol–water partition coefficient (Wildman–Crippen LogP) is 1.32. The molecule has 1 saturated carbocycles. The quantitative estimate of drug-likeness (QED) is 0.602. The van der Waals surface area contributed by atoms with Crippen molar-refractivity contribution in [2.45, 2.75) is 19.3 Å². The molecule has 0 aromatic heterocycles. The molecule has 0 unspecified atom stereocenters. The molecule has 0 radical (unpaired) electrons. The molecule has 4 heteroatoms. The Labute approximate surface area is 57.2 Å². The van der Waals surface area contributed by atoms with Gasteiger partial charge in [-0.15, -0.1) is 0 Å². The Bertz CT molecular complexity index is 142. The van der Waals surface area contributed by atoms with Crippen LogP contribution in [0.25, 0.3) is 0 Å². The average Bonchev–Trinajstić information content (AvgIpc) is 2.40. The van der Waals surface area contributed by atoms with E-state index in [0.717, 1.165) is 0 Å². The van der Waals surface area contributed by atoms with E-state index in [1.165, 1.54) is 0 Å². The molecule has 0 aromatic rings. The first-order valence-corrected chi connectivity index (χ1v) is 3.08. The van der Waals surface area contributed by atoms with Gasteiger partial charge >= 0.3 is 0 Å². The van der Waals surface area contributed by atoms with Gasteiger partial charge in [0.05, 0.1) is 10.4 Å². The Morgan fingerprint density at radius 2 is 2.00 bits per heavy atom. The van der Waals surface area contributed by atoms with E-state index in [1.54, 1.807) is 0 Å². The number of thiocarbonyl (C=S) groups is 1. The van der Waals surface area contributed by atoms with Crippen molar-refractivity contribution in [1.29, 1.82) is 0 Å². The second kappa shape index (κ2) is 1.87. The second-order valence-corrected chi connectivity index (χ2v) is 2.76. The minimum Gasteiger partial charge on any atom is -0.393 e. The smallest absolute Gasteiger partial charge is 0.250 e. The topological polar surface area (TPSA) is 26.0 Å². The zero-order valence-electron chi connectivity index (χ0n) is 4.73. The predicted molar refractivity (Wildman–Crippen MR) is 34.5 cm³/mol. The molecule has 0 atom stereocenters. The van der Waals surface area contributed by atoms with E-state index in [4.69, 9.17) is 5.73 Å². The van der Waals surface area contributed by atoms with Gasteiger partial charge in [0.2, 0.25) is 6.43 Å². The standard InChI is InChI=1S/C5H7F2NS/c6-3(7)5(1-2-5)4(8)9/h3H,1-2H2,(H2,8,9). The Hall–Kier alpha value is -0.250. The fourth-order valence-electron chi connectivity index (χ4n) is 0.707. The van der Waals surface area contributed by atoms with Crippen molar-refractivity contribution in [2.75, 3.05) is 0 Å². The van der Waals surface area contributed by atoms with Gasteiger partial charge in [-0.2, -0.15) is 0 Å². The van der Waals surface area contributed by atoms with Crippen molar-refractivity contribution in [3.05, 3.63) is 0 Å². The summed E-state index contributed by atoms with van der Waals surface area (Å²) in [5.41, 5.74) is 4.01. The third-order valence-electron chi connectivity index (χ3n) is 1.70. The molecule has 0 heterocycles. The maximum atomic E-state index is 12.0. The lowest BCUT2D eigenvalue weighted by atomic mass is 10.1. The number of rotatable bonds is 2. The fraction of sp³-hybridized carbons (Fsp3) is 0.800. The molecule has 1 nitrogen and oxygen atoms in total. The van der Waals surface area contributed by atoms with Gasteiger partial charge in [0.15, 0.2) is 0 Å². The monoisotopic (exact) mass is 151 g/mol. The summed E-state index contributed by atoms with van der Waals surface area (Å²) < 4.78 is 23.9. The Morgan fingerprint density at radius 3 is 2.00 bits per heavy atom. The molecule has 1 aliphatic carbocycles. The molecule has 1 fully saturated rings. The van der Waals surface area contributed by atoms with Crippen LogP contribution in [-0.2, 0) is 0 Å². The van der Waals surface area contributed by atoms with Crippen molar-refractivity contribution in [3.8, 4) is 0 Å². The zero-order chi connectivity index (χ0) is 7.07. The summed E-state index contributed by atoms with van der Waals surface area (Å²) in [5, 5.41) is 0. The fourth-order valence-corrected chi connectivity index (χ4v) is 1.00. The summed E-state index contributed by atoms with van der Waals surface area (Å²) in [5.74, 6) is 0. The summed E-state index contributed by atoms with van der Waals surface area (Å²) in [7, 11) is 0. The molecule has 52 valence electrons. The van der Waals surface area contributed by atoms with Crippen LogP contribution in [0, 0.1) is 5.41 Å². The molecule has 0 bridgehead atoms. The molecule has 0 amide bonds. The van der Waals surface area contributed by atoms with E-state index in [-0.39, 0.29) is 4.99 Å². The van der Waals surface area contributed by atoms with Gasteiger partial charge in [-0.3, -0.25) is 0 Å². The van der Waals surface area contributed by atoms with Gasteiger partial charge in [-0.25, -0.2) is 8.78 Å². The highest BCUT2D eigenvalue weighted by molar-refractivity contribution is 7.80. The van der Waals surface area contributed by atoms with Gasteiger partial charge in [-0.05, 0) is 12.8 Å². The lowest BCUT2D eigenvalue weighted by molar-refractivity contribution is 0.0976. The highest BCUT2D eigenvalue weighted by Crippen LogP contribution is 2.50.